The Morgan fingerprint density at radius 1 is 1.41 bits per heavy atom. The molecule has 0 spiro atoms. The van der Waals surface area contributed by atoms with Gasteiger partial charge >= 0.3 is 5.97 Å². The number of hydrogen-bond acceptors (Lipinski definition) is 5. The van der Waals surface area contributed by atoms with Gasteiger partial charge in [0.05, 0.1) is 17.6 Å². The second-order valence-electron chi connectivity index (χ2n) is 4.84. The molecule has 1 amide bonds. The number of methoxy groups -OCH3 is 1. The minimum Gasteiger partial charge on any atom is -0.496 e. The molecule has 1 aliphatic rings. The predicted octanol–water partition coefficient (Wildman–Crippen LogP) is 0.0318. The van der Waals surface area contributed by atoms with Gasteiger partial charge in [0.15, 0.2) is 0 Å². The fourth-order valence-electron chi connectivity index (χ4n) is 2.45. The van der Waals surface area contributed by atoms with Crippen LogP contribution in [0.2, 0.25) is 0 Å². The van der Waals surface area contributed by atoms with E-state index in [0.29, 0.717) is 6.42 Å². The van der Waals surface area contributed by atoms with Crippen molar-refractivity contribution in [1.82, 2.24) is 4.31 Å². The van der Waals surface area contributed by atoms with Gasteiger partial charge in [-0.1, -0.05) is 0 Å². The number of carbonyl (C=O) groups excluding carboxylic acids is 1. The zero-order chi connectivity index (χ0) is 16.5. The van der Waals surface area contributed by atoms with Gasteiger partial charge < -0.3 is 15.6 Å². The summed E-state index contributed by atoms with van der Waals surface area (Å²) in [5.41, 5.74) is 5.14. The Hall–Kier alpha value is -2.13. The number of nitrogens with two attached hydrogens (primary N) is 1. The number of primary amides is 1. The number of carboxylic acids is 1. The van der Waals surface area contributed by atoms with Crippen molar-refractivity contribution in [1.29, 1.82) is 0 Å². The standard InChI is InChI=1S/C13H16N2O6S/c1-21-11-5-4-8(7-9(11)12(14)16)22(19,20)15-6-2-3-10(15)13(17)18/h4-5,7,10H,2-3,6H2,1H3,(H2,14,16)(H,17,18)/t10-/m1/s1. The molecular weight excluding hydrogens is 312 g/mol. The van der Waals surface area contributed by atoms with Crippen molar-refractivity contribution in [2.45, 2.75) is 23.8 Å². The molecule has 0 aromatic heterocycles. The minimum atomic E-state index is -4.02. The van der Waals surface area contributed by atoms with Gasteiger partial charge in [0.1, 0.15) is 11.8 Å². The monoisotopic (exact) mass is 328 g/mol. The number of rotatable bonds is 5. The number of carbonyl (C=O) groups is 2. The van der Waals surface area contributed by atoms with Gasteiger partial charge in [-0.3, -0.25) is 9.59 Å². The first-order valence-electron chi connectivity index (χ1n) is 6.51. The molecule has 8 nitrogen and oxygen atoms in total. The van der Waals surface area contributed by atoms with Crippen molar-refractivity contribution >= 4 is 21.9 Å². The lowest BCUT2D eigenvalue weighted by Crippen LogP contribution is -2.40. The third-order valence-corrected chi connectivity index (χ3v) is 5.44. The molecule has 1 atom stereocenters. The van der Waals surface area contributed by atoms with Crippen LogP contribution in [0.3, 0.4) is 0 Å². The number of ether oxygens (including phenoxy) is 1. The summed E-state index contributed by atoms with van der Waals surface area (Å²) >= 11 is 0. The van der Waals surface area contributed by atoms with Crippen LogP contribution in [0.4, 0.5) is 0 Å². The van der Waals surface area contributed by atoms with E-state index in [4.69, 9.17) is 15.6 Å². The van der Waals surface area contributed by atoms with Crippen molar-refractivity contribution in [3.63, 3.8) is 0 Å². The Morgan fingerprint density at radius 2 is 2.09 bits per heavy atom. The molecule has 3 N–H and O–H groups in total. The largest absolute Gasteiger partial charge is 0.496 e. The van der Waals surface area contributed by atoms with Crippen molar-refractivity contribution in [3.05, 3.63) is 23.8 Å². The fraction of sp³-hybridized carbons (Fsp3) is 0.385. The third kappa shape index (κ3) is 2.77. The first kappa shape index (κ1) is 16.2. The molecule has 1 aromatic carbocycles. The zero-order valence-corrected chi connectivity index (χ0v) is 12.7. The molecule has 1 saturated heterocycles. The molecule has 0 unspecified atom stereocenters. The number of carboxylic acid groups (broad SMARTS) is 1. The number of hydrogen-bond donors (Lipinski definition) is 2. The van der Waals surface area contributed by atoms with Crippen LogP contribution >= 0.6 is 0 Å². The molecule has 1 heterocycles. The first-order valence-corrected chi connectivity index (χ1v) is 7.95. The number of nitrogens with zero attached hydrogens (tertiary/aromatic N) is 1. The highest BCUT2D eigenvalue weighted by Gasteiger charge is 2.39. The van der Waals surface area contributed by atoms with Crippen molar-refractivity contribution < 1.29 is 27.9 Å². The first-order chi connectivity index (χ1) is 10.3. The average molecular weight is 328 g/mol. The Morgan fingerprint density at radius 3 is 2.64 bits per heavy atom. The van der Waals surface area contributed by atoms with Crippen LogP contribution in [-0.2, 0) is 14.8 Å². The number of sulfonamides is 1. The van der Waals surface area contributed by atoms with Crippen molar-refractivity contribution in [2.24, 2.45) is 5.73 Å². The fourth-order valence-corrected chi connectivity index (χ4v) is 4.13. The Bertz CT molecular complexity index is 715. The van der Waals surface area contributed by atoms with Crippen LogP contribution in [-0.4, -0.2) is 49.4 Å². The summed E-state index contributed by atoms with van der Waals surface area (Å²) in [7, 11) is -2.69. The zero-order valence-electron chi connectivity index (χ0n) is 11.9. The summed E-state index contributed by atoms with van der Waals surface area (Å²) in [5, 5.41) is 9.12. The topological polar surface area (TPSA) is 127 Å². The number of aliphatic carboxylic acids is 1. The highest BCUT2D eigenvalue weighted by Crippen LogP contribution is 2.29. The van der Waals surface area contributed by atoms with E-state index in [1.165, 1.54) is 19.2 Å². The van der Waals surface area contributed by atoms with Crippen LogP contribution in [0.15, 0.2) is 23.1 Å². The van der Waals surface area contributed by atoms with E-state index in [2.05, 4.69) is 0 Å². The van der Waals surface area contributed by atoms with Crippen molar-refractivity contribution in [2.75, 3.05) is 13.7 Å². The molecule has 1 fully saturated rings. The van der Waals surface area contributed by atoms with Gasteiger partial charge in [-0.2, -0.15) is 4.31 Å². The molecular formula is C13H16N2O6S. The molecule has 22 heavy (non-hydrogen) atoms. The lowest BCUT2D eigenvalue weighted by Gasteiger charge is -2.21. The quantitative estimate of drug-likeness (QED) is 0.785. The van der Waals surface area contributed by atoms with Crippen LogP contribution in [0.5, 0.6) is 5.75 Å². The lowest BCUT2D eigenvalue weighted by atomic mass is 10.2. The van der Waals surface area contributed by atoms with Gasteiger partial charge in [-0.25, -0.2) is 8.42 Å². The van der Waals surface area contributed by atoms with Crippen LogP contribution < -0.4 is 10.5 Å². The van der Waals surface area contributed by atoms with E-state index in [1.807, 2.05) is 0 Å². The predicted molar refractivity (Wildman–Crippen MR) is 76.1 cm³/mol. The van der Waals surface area contributed by atoms with Crippen LogP contribution in [0.1, 0.15) is 23.2 Å². The van der Waals surface area contributed by atoms with Gasteiger partial charge in [0.2, 0.25) is 10.0 Å². The highest BCUT2D eigenvalue weighted by molar-refractivity contribution is 7.89. The second-order valence-corrected chi connectivity index (χ2v) is 6.73. The summed E-state index contributed by atoms with van der Waals surface area (Å²) in [5.74, 6) is -1.86. The molecule has 0 saturated carbocycles. The van der Waals surface area contributed by atoms with Crippen LogP contribution in [0, 0.1) is 0 Å². The molecule has 0 radical (unpaired) electrons. The summed E-state index contributed by atoms with van der Waals surface area (Å²) in [6.07, 6.45) is 0.725. The minimum absolute atomic E-state index is 0.0744. The van der Waals surface area contributed by atoms with Crippen molar-refractivity contribution in [3.8, 4) is 5.75 Å². The second kappa shape index (κ2) is 5.93. The van der Waals surface area contributed by atoms with Gasteiger partial charge in [0, 0.05) is 6.54 Å². The molecule has 120 valence electrons. The van der Waals surface area contributed by atoms with E-state index < -0.39 is 27.9 Å². The maximum atomic E-state index is 12.6. The molecule has 2 rings (SSSR count). The number of benzene rings is 1. The summed E-state index contributed by atoms with van der Waals surface area (Å²) < 4.78 is 31.1. The maximum Gasteiger partial charge on any atom is 0.322 e. The van der Waals surface area contributed by atoms with Gasteiger partial charge in [-0.15, -0.1) is 0 Å². The smallest absolute Gasteiger partial charge is 0.322 e. The van der Waals surface area contributed by atoms with Gasteiger partial charge in [0.25, 0.3) is 5.91 Å². The SMILES string of the molecule is COc1ccc(S(=O)(=O)N2CCC[C@@H]2C(=O)O)cc1C(N)=O. The van der Waals surface area contributed by atoms with Crippen LogP contribution in [0.25, 0.3) is 0 Å². The lowest BCUT2D eigenvalue weighted by molar-refractivity contribution is -0.140. The molecule has 1 aromatic rings. The number of amides is 1. The van der Waals surface area contributed by atoms with Gasteiger partial charge in [-0.05, 0) is 31.0 Å². The highest BCUT2D eigenvalue weighted by atomic mass is 32.2. The Balaban J connectivity index is 2.48. The van der Waals surface area contributed by atoms with E-state index in [0.717, 1.165) is 10.4 Å². The Labute approximate surface area is 127 Å². The maximum absolute atomic E-state index is 12.6. The summed E-state index contributed by atoms with van der Waals surface area (Å²) in [6, 6.07) is 2.59. The summed E-state index contributed by atoms with van der Waals surface area (Å²) in [4.78, 5) is 22.4. The van der Waals surface area contributed by atoms with E-state index in [-0.39, 0.29) is 29.2 Å². The van der Waals surface area contributed by atoms with E-state index >= 15 is 0 Å². The Kier molecular flexibility index (Phi) is 4.38. The third-order valence-electron chi connectivity index (χ3n) is 3.53. The molecule has 1 aliphatic heterocycles. The van der Waals surface area contributed by atoms with E-state index in [1.54, 1.807) is 0 Å². The molecule has 9 heteroatoms. The molecule has 0 aliphatic carbocycles. The average Bonchev–Trinajstić information content (AvgIpc) is 2.96. The van der Waals surface area contributed by atoms with E-state index in [9.17, 15) is 18.0 Å². The molecule has 0 bridgehead atoms. The summed E-state index contributed by atoms with van der Waals surface area (Å²) in [6.45, 7) is 0.122. The normalized spacial score (nSPS) is 19.0.